The maximum Gasteiger partial charge on any atom is 0.326 e. The van der Waals surface area contributed by atoms with E-state index >= 15 is 0 Å². The fourth-order valence-corrected chi connectivity index (χ4v) is 1.76. The molecular weight excluding hydrogens is 244 g/mol. The average molecular weight is 260 g/mol. The molecule has 0 amide bonds. The summed E-state index contributed by atoms with van der Waals surface area (Å²) < 4.78 is 6.54. The standard InChI is InChI=1S/C14H16N2O3/c1-14(2,3)19-12(17)9-16-7-5-10-8-15-6-4-11(10)13(16)18/h4-8H,9H2,1-3H3. The molecule has 2 aromatic heterocycles. The van der Waals surface area contributed by atoms with Crippen LogP contribution in [0.2, 0.25) is 0 Å². The van der Waals surface area contributed by atoms with Gasteiger partial charge in [-0.3, -0.25) is 14.6 Å². The fraction of sp³-hybridized carbons (Fsp3) is 0.357. The molecule has 0 saturated heterocycles. The summed E-state index contributed by atoms with van der Waals surface area (Å²) in [5, 5.41) is 1.30. The Morgan fingerprint density at radius 3 is 2.79 bits per heavy atom. The number of aromatic nitrogens is 2. The topological polar surface area (TPSA) is 61.2 Å². The van der Waals surface area contributed by atoms with Crippen LogP contribution in [0, 0.1) is 0 Å². The van der Waals surface area contributed by atoms with E-state index in [0.29, 0.717) is 5.39 Å². The second-order valence-electron chi connectivity index (χ2n) is 5.30. The second-order valence-corrected chi connectivity index (χ2v) is 5.30. The molecule has 0 saturated carbocycles. The lowest BCUT2D eigenvalue weighted by molar-refractivity contribution is -0.155. The highest BCUT2D eigenvalue weighted by atomic mass is 16.6. The fourth-order valence-electron chi connectivity index (χ4n) is 1.76. The number of nitrogens with zero attached hydrogens (tertiary/aromatic N) is 2. The van der Waals surface area contributed by atoms with Gasteiger partial charge in [-0.05, 0) is 32.9 Å². The van der Waals surface area contributed by atoms with Crippen molar-refractivity contribution in [1.82, 2.24) is 9.55 Å². The Bertz CT molecular complexity index is 668. The van der Waals surface area contributed by atoms with Crippen molar-refractivity contribution in [2.75, 3.05) is 0 Å². The van der Waals surface area contributed by atoms with Crippen LogP contribution in [0.3, 0.4) is 0 Å². The molecule has 19 heavy (non-hydrogen) atoms. The molecule has 2 heterocycles. The van der Waals surface area contributed by atoms with Gasteiger partial charge in [0.25, 0.3) is 5.56 Å². The van der Waals surface area contributed by atoms with Gasteiger partial charge in [0, 0.05) is 24.0 Å². The SMILES string of the molecule is CC(C)(C)OC(=O)Cn1ccc2cnccc2c1=O. The van der Waals surface area contributed by atoms with E-state index in [-0.39, 0.29) is 12.1 Å². The predicted octanol–water partition coefficient (Wildman–Crippen LogP) is 1.74. The van der Waals surface area contributed by atoms with Gasteiger partial charge in [0.1, 0.15) is 12.1 Å². The van der Waals surface area contributed by atoms with E-state index in [4.69, 9.17) is 4.74 Å². The van der Waals surface area contributed by atoms with Gasteiger partial charge in [0.2, 0.25) is 0 Å². The van der Waals surface area contributed by atoms with Crippen LogP contribution in [0.15, 0.2) is 35.5 Å². The monoisotopic (exact) mass is 260 g/mol. The summed E-state index contributed by atoms with van der Waals surface area (Å²) in [5.74, 6) is -0.428. The zero-order chi connectivity index (χ0) is 14.0. The number of ether oxygens (including phenoxy) is 1. The molecule has 2 rings (SSSR count). The Labute approximate surface area is 110 Å². The zero-order valence-corrected chi connectivity index (χ0v) is 11.2. The summed E-state index contributed by atoms with van der Waals surface area (Å²) in [4.78, 5) is 27.8. The third-order valence-electron chi connectivity index (χ3n) is 2.50. The van der Waals surface area contributed by atoms with Crippen LogP contribution in [0.25, 0.3) is 10.8 Å². The van der Waals surface area contributed by atoms with Gasteiger partial charge < -0.3 is 9.30 Å². The molecular formula is C14H16N2O3. The van der Waals surface area contributed by atoms with Gasteiger partial charge >= 0.3 is 5.97 Å². The zero-order valence-electron chi connectivity index (χ0n) is 11.2. The van der Waals surface area contributed by atoms with Crippen LogP contribution in [-0.4, -0.2) is 21.1 Å². The molecule has 0 fully saturated rings. The Balaban J connectivity index is 2.29. The van der Waals surface area contributed by atoms with Gasteiger partial charge in [-0.1, -0.05) is 0 Å². The first kappa shape index (κ1) is 13.3. The Morgan fingerprint density at radius 2 is 2.11 bits per heavy atom. The molecule has 2 aromatic rings. The first-order chi connectivity index (χ1) is 8.87. The molecule has 0 radical (unpaired) electrons. The first-order valence-electron chi connectivity index (χ1n) is 6.02. The molecule has 0 unspecified atom stereocenters. The lowest BCUT2D eigenvalue weighted by Gasteiger charge is -2.19. The predicted molar refractivity (Wildman–Crippen MR) is 71.8 cm³/mol. The second kappa shape index (κ2) is 4.84. The molecule has 5 heteroatoms. The number of fused-ring (bicyclic) bond motifs is 1. The number of carbonyl (C=O) groups is 1. The summed E-state index contributed by atoms with van der Waals surface area (Å²) >= 11 is 0. The normalized spacial score (nSPS) is 11.5. The molecule has 0 bridgehead atoms. The van der Waals surface area contributed by atoms with Crippen LogP contribution in [-0.2, 0) is 16.1 Å². The van der Waals surface area contributed by atoms with E-state index in [1.54, 1.807) is 51.5 Å². The third-order valence-corrected chi connectivity index (χ3v) is 2.50. The number of hydrogen-bond acceptors (Lipinski definition) is 4. The van der Waals surface area contributed by atoms with Crippen molar-refractivity contribution in [3.63, 3.8) is 0 Å². The summed E-state index contributed by atoms with van der Waals surface area (Å²) in [7, 11) is 0. The largest absolute Gasteiger partial charge is 0.459 e. The van der Waals surface area contributed by atoms with Crippen LogP contribution >= 0.6 is 0 Å². The summed E-state index contributed by atoms with van der Waals surface area (Å²) in [6.45, 7) is 5.29. The minimum Gasteiger partial charge on any atom is -0.459 e. The number of carbonyl (C=O) groups excluding carboxylic acids is 1. The van der Waals surface area contributed by atoms with E-state index in [2.05, 4.69) is 4.98 Å². The van der Waals surface area contributed by atoms with Crippen molar-refractivity contribution in [2.24, 2.45) is 0 Å². The number of esters is 1. The lowest BCUT2D eigenvalue weighted by atomic mass is 10.2. The Kier molecular flexibility index (Phi) is 3.38. The van der Waals surface area contributed by atoms with Gasteiger partial charge in [0.15, 0.2) is 0 Å². The summed E-state index contributed by atoms with van der Waals surface area (Å²) in [5.41, 5.74) is -0.771. The van der Waals surface area contributed by atoms with E-state index in [1.807, 2.05) is 0 Å². The van der Waals surface area contributed by atoms with Gasteiger partial charge in [-0.25, -0.2) is 0 Å². The van der Waals surface area contributed by atoms with Crippen molar-refractivity contribution in [3.8, 4) is 0 Å². The van der Waals surface area contributed by atoms with Crippen molar-refractivity contribution < 1.29 is 9.53 Å². The van der Waals surface area contributed by atoms with E-state index in [0.717, 1.165) is 5.39 Å². The minimum atomic E-state index is -0.554. The van der Waals surface area contributed by atoms with Gasteiger partial charge in [-0.15, -0.1) is 0 Å². The average Bonchev–Trinajstić information content (AvgIpc) is 2.31. The molecule has 0 aliphatic heterocycles. The molecule has 0 spiro atoms. The molecule has 100 valence electrons. The molecule has 0 aliphatic carbocycles. The summed E-state index contributed by atoms with van der Waals surface area (Å²) in [6.07, 6.45) is 4.76. The highest BCUT2D eigenvalue weighted by molar-refractivity contribution is 5.80. The molecule has 0 aromatic carbocycles. The van der Waals surface area contributed by atoms with Crippen LogP contribution in [0.4, 0.5) is 0 Å². The van der Waals surface area contributed by atoms with Crippen LogP contribution in [0.5, 0.6) is 0 Å². The molecule has 0 aliphatic rings. The molecule has 0 N–H and O–H groups in total. The molecule has 5 nitrogen and oxygen atoms in total. The van der Waals surface area contributed by atoms with Crippen molar-refractivity contribution in [2.45, 2.75) is 32.9 Å². The van der Waals surface area contributed by atoms with Crippen molar-refractivity contribution in [3.05, 3.63) is 41.1 Å². The number of hydrogen-bond donors (Lipinski definition) is 0. The maximum atomic E-state index is 12.2. The van der Waals surface area contributed by atoms with Crippen LogP contribution in [0.1, 0.15) is 20.8 Å². The smallest absolute Gasteiger partial charge is 0.326 e. The first-order valence-corrected chi connectivity index (χ1v) is 6.02. The Hall–Kier alpha value is -2.17. The van der Waals surface area contributed by atoms with Gasteiger partial charge in [0.05, 0.1) is 5.39 Å². The van der Waals surface area contributed by atoms with E-state index in [9.17, 15) is 9.59 Å². The van der Waals surface area contributed by atoms with Crippen LogP contribution < -0.4 is 5.56 Å². The van der Waals surface area contributed by atoms with E-state index in [1.165, 1.54) is 4.57 Å². The highest BCUT2D eigenvalue weighted by Crippen LogP contribution is 2.09. The minimum absolute atomic E-state index is 0.0889. The summed E-state index contributed by atoms with van der Waals surface area (Å²) in [6, 6.07) is 3.40. The lowest BCUT2D eigenvalue weighted by Crippen LogP contribution is -2.30. The number of pyridine rings is 2. The number of rotatable bonds is 2. The quantitative estimate of drug-likeness (QED) is 0.772. The van der Waals surface area contributed by atoms with E-state index < -0.39 is 11.6 Å². The van der Waals surface area contributed by atoms with Crippen molar-refractivity contribution >= 4 is 16.7 Å². The maximum absolute atomic E-state index is 12.2. The highest BCUT2D eigenvalue weighted by Gasteiger charge is 2.17. The van der Waals surface area contributed by atoms with Gasteiger partial charge in [-0.2, -0.15) is 0 Å². The Morgan fingerprint density at radius 1 is 1.37 bits per heavy atom. The van der Waals surface area contributed by atoms with Crippen molar-refractivity contribution in [1.29, 1.82) is 0 Å². The molecule has 0 atom stereocenters. The third kappa shape index (κ3) is 3.19.